The van der Waals surface area contributed by atoms with Gasteiger partial charge in [-0.25, -0.2) is 0 Å². The first-order valence-corrected chi connectivity index (χ1v) is 6.61. The average Bonchev–Trinajstić information content (AvgIpc) is 2.95. The summed E-state index contributed by atoms with van der Waals surface area (Å²) < 4.78 is 6.97. The van der Waals surface area contributed by atoms with Gasteiger partial charge in [0.05, 0.1) is 17.8 Å². The monoisotopic (exact) mass is 302 g/mol. The standard InChI is InChI=1S/C13H22N4O2.ClH/c1-8(2)9-5-11(17(3)16-9)13(18)15-10-6-14-7-12(10)19-4;/h5,8,10,12,14H,6-7H2,1-4H3,(H,15,18);1H. The summed E-state index contributed by atoms with van der Waals surface area (Å²) in [7, 11) is 3.46. The first-order chi connectivity index (χ1) is 9.02. The van der Waals surface area contributed by atoms with Crippen molar-refractivity contribution in [2.24, 2.45) is 7.05 Å². The van der Waals surface area contributed by atoms with Crippen LogP contribution in [0.4, 0.5) is 0 Å². The number of amides is 1. The lowest BCUT2D eigenvalue weighted by molar-refractivity contribution is 0.0773. The van der Waals surface area contributed by atoms with E-state index in [2.05, 4.69) is 29.6 Å². The highest BCUT2D eigenvalue weighted by Crippen LogP contribution is 2.14. The quantitative estimate of drug-likeness (QED) is 0.858. The molecule has 114 valence electrons. The zero-order chi connectivity index (χ0) is 14.0. The molecule has 0 aliphatic carbocycles. The molecule has 2 rings (SSSR count). The summed E-state index contributed by atoms with van der Waals surface area (Å²) in [6.45, 7) is 5.63. The van der Waals surface area contributed by atoms with Crippen LogP contribution in [0.5, 0.6) is 0 Å². The lowest BCUT2D eigenvalue weighted by Crippen LogP contribution is -2.44. The third kappa shape index (κ3) is 3.50. The van der Waals surface area contributed by atoms with Crippen LogP contribution in [-0.4, -0.2) is 48.0 Å². The molecule has 1 aromatic heterocycles. The van der Waals surface area contributed by atoms with Gasteiger partial charge in [0.2, 0.25) is 0 Å². The molecule has 6 nitrogen and oxygen atoms in total. The third-order valence-electron chi connectivity index (χ3n) is 3.50. The SMILES string of the molecule is COC1CNCC1NC(=O)c1cc(C(C)C)nn1C.Cl. The second kappa shape index (κ2) is 7.06. The molecule has 2 N–H and O–H groups in total. The minimum atomic E-state index is -0.0994. The molecule has 1 fully saturated rings. The fourth-order valence-corrected chi connectivity index (χ4v) is 2.27. The van der Waals surface area contributed by atoms with E-state index in [0.29, 0.717) is 11.6 Å². The van der Waals surface area contributed by atoms with E-state index in [-0.39, 0.29) is 30.5 Å². The number of rotatable bonds is 4. The molecule has 0 spiro atoms. The maximum absolute atomic E-state index is 12.3. The van der Waals surface area contributed by atoms with Crippen molar-refractivity contribution in [2.45, 2.75) is 31.9 Å². The van der Waals surface area contributed by atoms with Gasteiger partial charge in [-0.2, -0.15) is 5.10 Å². The molecular formula is C13H23ClN4O2. The summed E-state index contributed by atoms with van der Waals surface area (Å²) in [4.78, 5) is 12.3. The molecule has 7 heteroatoms. The number of ether oxygens (including phenoxy) is 1. The predicted octanol–water partition coefficient (Wildman–Crippen LogP) is 0.682. The molecule has 1 saturated heterocycles. The van der Waals surface area contributed by atoms with Gasteiger partial charge in [0.1, 0.15) is 5.69 Å². The molecule has 2 atom stereocenters. The number of halogens is 1. The fraction of sp³-hybridized carbons (Fsp3) is 0.692. The highest BCUT2D eigenvalue weighted by molar-refractivity contribution is 5.93. The Morgan fingerprint density at radius 3 is 2.80 bits per heavy atom. The topological polar surface area (TPSA) is 68.2 Å². The highest BCUT2D eigenvalue weighted by Gasteiger charge is 2.29. The minimum absolute atomic E-state index is 0. The number of aromatic nitrogens is 2. The first kappa shape index (κ1) is 16.9. The summed E-state index contributed by atoms with van der Waals surface area (Å²) >= 11 is 0. The Balaban J connectivity index is 0.00000200. The van der Waals surface area contributed by atoms with Crippen LogP contribution < -0.4 is 10.6 Å². The third-order valence-corrected chi connectivity index (χ3v) is 3.50. The van der Waals surface area contributed by atoms with E-state index in [4.69, 9.17) is 4.74 Å². The summed E-state index contributed by atoms with van der Waals surface area (Å²) in [5, 5.41) is 10.6. The van der Waals surface area contributed by atoms with Crippen LogP contribution in [0.3, 0.4) is 0 Å². The number of hydrogen-bond donors (Lipinski definition) is 2. The van der Waals surface area contributed by atoms with E-state index in [1.165, 1.54) is 0 Å². The second-order valence-corrected chi connectivity index (χ2v) is 5.25. The second-order valence-electron chi connectivity index (χ2n) is 5.25. The molecule has 1 aromatic rings. The number of carbonyl (C=O) groups is 1. The van der Waals surface area contributed by atoms with Gasteiger partial charge in [-0.3, -0.25) is 9.48 Å². The van der Waals surface area contributed by atoms with Gasteiger partial charge in [0.15, 0.2) is 0 Å². The van der Waals surface area contributed by atoms with Gasteiger partial charge in [-0.05, 0) is 12.0 Å². The molecule has 1 amide bonds. The average molecular weight is 303 g/mol. The number of carbonyl (C=O) groups excluding carboxylic acids is 1. The van der Waals surface area contributed by atoms with E-state index in [0.717, 1.165) is 18.8 Å². The van der Waals surface area contributed by atoms with Crippen LogP contribution in [0.2, 0.25) is 0 Å². The number of nitrogens with one attached hydrogen (secondary N) is 2. The molecular weight excluding hydrogens is 280 g/mol. The van der Waals surface area contributed by atoms with Gasteiger partial charge < -0.3 is 15.4 Å². The van der Waals surface area contributed by atoms with Crippen molar-refractivity contribution in [1.29, 1.82) is 0 Å². The predicted molar refractivity (Wildman–Crippen MR) is 79.5 cm³/mol. The molecule has 0 saturated carbocycles. The molecule has 0 aromatic carbocycles. The number of nitrogens with zero attached hydrogens (tertiary/aromatic N) is 2. The van der Waals surface area contributed by atoms with E-state index in [1.54, 1.807) is 18.8 Å². The Hall–Kier alpha value is -1.11. The summed E-state index contributed by atoms with van der Waals surface area (Å²) in [5.41, 5.74) is 1.52. The summed E-state index contributed by atoms with van der Waals surface area (Å²) in [6.07, 6.45) is 0.0294. The van der Waals surface area contributed by atoms with Crippen molar-refractivity contribution in [3.63, 3.8) is 0 Å². The highest BCUT2D eigenvalue weighted by atomic mass is 35.5. The van der Waals surface area contributed by atoms with Gasteiger partial charge >= 0.3 is 0 Å². The number of hydrogen-bond acceptors (Lipinski definition) is 4. The summed E-state index contributed by atoms with van der Waals surface area (Å²) in [6, 6.07) is 1.86. The van der Waals surface area contributed by atoms with Crippen molar-refractivity contribution in [3.05, 3.63) is 17.5 Å². The number of methoxy groups -OCH3 is 1. The molecule has 1 aliphatic heterocycles. The zero-order valence-electron chi connectivity index (χ0n) is 12.3. The van der Waals surface area contributed by atoms with Gasteiger partial charge in [-0.15, -0.1) is 12.4 Å². The van der Waals surface area contributed by atoms with Crippen molar-refractivity contribution in [2.75, 3.05) is 20.2 Å². The van der Waals surface area contributed by atoms with Crippen LogP contribution in [0.15, 0.2) is 6.07 Å². The minimum Gasteiger partial charge on any atom is -0.378 e. The Labute approximate surface area is 125 Å². The Kier molecular flexibility index (Phi) is 5.98. The molecule has 0 bridgehead atoms. The largest absolute Gasteiger partial charge is 0.378 e. The van der Waals surface area contributed by atoms with Crippen molar-refractivity contribution < 1.29 is 9.53 Å². The normalized spacial score (nSPS) is 21.9. The van der Waals surface area contributed by atoms with E-state index < -0.39 is 0 Å². The fourth-order valence-electron chi connectivity index (χ4n) is 2.27. The Bertz CT molecular complexity index is 461. The lowest BCUT2D eigenvalue weighted by atomic mass is 10.1. The maximum Gasteiger partial charge on any atom is 0.269 e. The lowest BCUT2D eigenvalue weighted by Gasteiger charge is -2.18. The molecule has 2 unspecified atom stereocenters. The molecule has 0 radical (unpaired) electrons. The summed E-state index contributed by atoms with van der Waals surface area (Å²) in [5.74, 6) is 0.213. The van der Waals surface area contributed by atoms with Crippen molar-refractivity contribution in [3.8, 4) is 0 Å². The van der Waals surface area contributed by atoms with Crippen LogP contribution >= 0.6 is 12.4 Å². The van der Waals surface area contributed by atoms with E-state index in [9.17, 15) is 4.79 Å². The number of aryl methyl sites for hydroxylation is 1. The van der Waals surface area contributed by atoms with Crippen molar-refractivity contribution in [1.82, 2.24) is 20.4 Å². The van der Waals surface area contributed by atoms with Crippen LogP contribution in [-0.2, 0) is 11.8 Å². The van der Waals surface area contributed by atoms with E-state index >= 15 is 0 Å². The van der Waals surface area contributed by atoms with Crippen molar-refractivity contribution >= 4 is 18.3 Å². The molecule has 2 heterocycles. The molecule has 20 heavy (non-hydrogen) atoms. The van der Waals surface area contributed by atoms with Gasteiger partial charge in [0.25, 0.3) is 5.91 Å². The van der Waals surface area contributed by atoms with Crippen LogP contribution in [0.1, 0.15) is 35.9 Å². The zero-order valence-corrected chi connectivity index (χ0v) is 13.2. The maximum atomic E-state index is 12.3. The molecule has 1 aliphatic rings. The smallest absolute Gasteiger partial charge is 0.269 e. The van der Waals surface area contributed by atoms with Gasteiger partial charge in [0, 0.05) is 27.2 Å². The Morgan fingerprint density at radius 2 is 2.25 bits per heavy atom. The van der Waals surface area contributed by atoms with Gasteiger partial charge in [-0.1, -0.05) is 13.8 Å². The Morgan fingerprint density at radius 1 is 1.55 bits per heavy atom. The first-order valence-electron chi connectivity index (χ1n) is 6.61. The van der Waals surface area contributed by atoms with Crippen LogP contribution in [0, 0.1) is 0 Å². The van der Waals surface area contributed by atoms with E-state index in [1.807, 2.05) is 6.07 Å². The van der Waals surface area contributed by atoms with Crippen LogP contribution in [0.25, 0.3) is 0 Å².